The van der Waals surface area contributed by atoms with E-state index in [0.29, 0.717) is 19.8 Å². The second kappa shape index (κ2) is 11.3. The summed E-state index contributed by atoms with van der Waals surface area (Å²) in [5.74, 6) is 1.54. The highest BCUT2D eigenvalue weighted by molar-refractivity contribution is 5.74. The average Bonchev–Trinajstić information content (AvgIpc) is 2.98. The number of carbonyl (C=O) groups is 1. The lowest BCUT2D eigenvalue weighted by atomic mass is 10.1. The van der Waals surface area contributed by atoms with E-state index in [0.717, 1.165) is 62.5 Å². The molecular weight excluding hydrogens is 368 g/mol. The fourth-order valence-corrected chi connectivity index (χ4v) is 3.77. The number of carbonyl (C=O) groups excluding carboxylic acids is 1. The van der Waals surface area contributed by atoms with Crippen LogP contribution in [0.5, 0.6) is 11.5 Å². The third-order valence-corrected chi connectivity index (χ3v) is 5.72. The highest BCUT2D eigenvalue weighted by atomic mass is 16.5. The lowest BCUT2D eigenvalue weighted by molar-refractivity contribution is 0.135. The van der Waals surface area contributed by atoms with Crippen molar-refractivity contribution < 1.29 is 14.3 Å². The maximum absolute atomic E-state index is 12.2. The van der Waals surface area contributed by atoms with Crippen LogP contribution in [-0.4, -0.2) is 74.9 Å². The van der Waals surface area contributed by atoms with Gasteiger partial charge >= 0.3 is 6.03 Å². The molecule has 29 heavy (non-hydrogen) atoms. The average molecular weight is 405 g/mol. The van der Waals surface area contributed by atoms with Gasteiger partial charge in [0.05, 0.1) is 19.3 Å². The zero-order chi connectivity index (χ0) is 20.5. The number of unbranched alkanes of at least 4 members (excludes halogenated alkanes) is 1. The first-order chi connectivity index (χ1) is 14.2. The van der Waals surface area contributed by atoms with Gasteiger partial charge in [-0.25, -0.2) is 4.79 Å². The minimum absolute atomic E-state index is 0.0954. The summed E-state index contributed by atoms with van der Waals surface area (Å²) in [6.45, 7) is 13.2. The summed E-state index contributed by atoms with van der Waals surface area (Å²) >= 11 is 0. The smallest absolute Gasteiger partial charge is 0.315 e. The summed E-state index contributed by atoms with van der Waals surface area (Å²) in [5.41, 5.74) is 1.01. The number of hydrogen-bond donors (Lipinski definition) is 2. The molecular formula is C22H36N4O3. The minimum Gasteiger partial charge on any atom is -0.490 e. The number of fused-ring (bicyclic) bond motifs is 1. The molecule has 1 atom stereocenters. The van der Waals surface area contributed by atoms with Gasteiger partial charge in [-0.1, -0.05) is 13.0 Å². The molecule has 0 saturated carbocycles. The summed E-state index contributed by atoms with van der Waals surface area (Å²) in [6, 6.07) is 5.65. The van der Waals surface area contributed by atoms with Crippen molar-refractivity contribution in [2.75, 3.05) is 59.0 Å². The Morgan fingerprint density at radius 1 is 1.07 bits per heavy atom. The van der Waals surface area contributed by atoms with Crippen LogP contribution < -0.4 is 20.1 Å². The van der Waals surface area contributed by atoms with Crippen molar-refractivity contribution in [2.45, 2.75) is 39.2 Å². The first kappa shape index (κ1) is 21.7. The minimum atomic E-state index is -0.124. The molecule has 0 radical (unpaired) electrons. The van der Waals surface area contributed by atoms with E-state index in [-0.39, 0.29) is 12.1 Å². The topological polar surface area (TPSA) is 66.1 Å². The molecule has 1 saturated heterocycles. The zero-order valence-corrected chi connectivity index (χ0v) is 17.9. The SMILES string of the molecule is CCN1CCN(CCCCNC(=O)NC(C)c2ccc3c(c2)OCCCO3)CC1. The lowest BCUT2D eigenvalue weighted by Crippen LogP contribution is -2.46. The van der Waals surface area contributed by atoms with Crippen LogP contribution >= 0.6 is 0 Å². The number of ether oxygens (including phenoxy) is 2. The van der Waals surface area contributed by atoms with Crippen LogP contribution in [0.1, 0.15) is 44.7 Å². The molecule has 0 aliphatic carbocycles. The Balaban J connectivity index is 1.32. The predicted molar refractivity (Wildman–Crippen MR) is 115 cm³/mol. The van der Waals surface area contributed by atoms with Crippen LogP contribution in [0.25, 0.3) is 0 Å². The molecule has 7 nitrogen and oxygen atoms in total. The van der Waals surface area contributed by atoms with Gasteiger partial charge in [-0.3, -0.25) is 0 Å². The quantitative estimate of drug-likeness (QED) is 0.652. The number of piperazine rings is 1. The molecule has 2 amide bonds. The fourth-order valence-electron chi connectivity index (χ4n) is 3.77. The van der Waals surface area contributed by atoms with E-state index in [2.05, 4.69) is 27.4 Å². The van der Waals surface area contributed by atoms with Crippen molar-refractivity contribution in [1.29, 1.82) is 0 Å². The summed E-state index contributed by atoms with van der Waals surface area (Å²) in [7, 11) is 0. The van der Waals surface area contributed by atoms with Crippen molar-refractivity contribution in [3.63, 3.8) is 0 Å². The largest absolute Gasteiger partial charge is 0.490 e. The second-order valence-corrected chi connectivity index (χ2v) is 7.86. The van der Waals surface area contributed by atoms with E-state index in [1.165, 1.54) is 13.1 Å². The molecule has 1 aromatic rings. The van der Waals surface area contributed by atoms with Crippen LogP contribution in [0.4, 0.5) is 4.79 Å². The van der Waals surface area contributed by atoms with Crippen molar-refractivity contribution >= 4 is 6.03 Å². The summed E-state index contributed by atoms with van der Waals surface area (Å²) in [5, 5.41) is 5.98. The third-order valence-electron chi connectivity index (χ3n) is 5.72. The summed E-state index contributed by atoms with van der Waals surface area (Å²) in [4.78, 5) is 17.2. The maximum Gasteiger partial charge on any atom is 0.315 e. The highest BCUT2D eigenvalue weighted by Gasteiger charge is 2.16. The third kappa shape index (κ3) is 6.78. The van der Waals surface area contributed by atoms with Gasteiger partial charge in [0.15, 0.2) is 11.5 Å². The van der Waals surface area contributed by atoms with Crippen molar-refractivity contribution in [3.8, 4) is 11.5 Å². The Bertz CT molecular complexity index is 647. The molecule has 2 aliphatic heterocycles. The number of amides is 2. The Morgan fingerprint density at radius 3 is 2.55 bits per heavy atom. The predicted octanol–water partition coefficient (Wildman–Crippen LogP) is 2.63. The van der Waals surface area contributed by atoms with Crippen LogP contribution in [0.15, 0.2) is 18.2 Å². The van der Waals surface area contributed by atoms with Crippen LogP contribution in [0.2, 0.25) is 0 Å². The zero-order valence-electron chi connectivity index (χ0n) is 17.9. The van der Waals surface area contributed by atoms with E-state index in [1.807, 2.05) is 25.1 Å². The standard InChI is InChI=1S/C22H36N4O3/c1-3-25-11-13-26(14-12-25)10-5-4-9-23-22(27)24-18(2)19-7-8-20-21(17-19)29-16-6-15-28-20/h7-8,17-18H,3-6,9-16H2,1-2H3,(H2,23,24,27). The van der Waals surface area contributed by atoms with E-state index in [4.69, 9.17) is 9.47 Å². The van der Waals surface area contributed by atoms with E-state index < -0.39 is 0 Å². The van der Waals surface area contributed by atoms with Crippen molar-refractivity contribution in [1.82, 2.24) is 20.4 Å². The molecule has 0 spiro atoms. The first-order valence-electron chi connectivity index (χ1n) is 11.0. The molecule has 2 heterocycles. The van der Waals surface area contributed by atoms with Crippen molar-refractivity contribution in [2.24, 2.45) is 0 Å². The monoisotopic (exact) mass is 404 g/mol. The normalized spacial score (nSPS) is 18.7. The van der Waals surface area contributed by atoms with Gasteiger partial charge in [-0.05, 0) is 50.6 Å². The summed E-state index contributed by atoms with van der Waals surface area (Å²) < 4.78 is 11.4. The van der Waals surface area contributed by atoms with E-state index >= 15 is 0 Å². The highest BCUT2D eigenvalue weighted by Crippen LogP contribution is 2.32. The molecule has 2 aliphatic rings. The van der Waals surface area contributed by atoms with Gasteiger partial charge in [0.2, 0.25) is 0 Å². The molecule has 7 heteroatoms. The molecule has 1 unspecified atom stereocenters. The molecule has 2 N–H and O–H groups in total. The van der Waals surface area contributed by atoms with Gasteiger partial charge in [-0.15, -0.1) is 0 Å². The number of benzene rings is 1. The van der Waals surface area contributed by atoms with Gasteiger partial charge < -0.3 is 29.9 Å². The van der Waals surface area contributed by atoms with Crippen LogP contribution in [0.3, 0.4) is 0 Å². The maximum atomic E-state index is 12.2. The number of rotatable bonds is 8. The van der Waals surface area contributed by atoms with E-state index in [1.54, 1.807) is 0 Å². The van der Waals surface area contributed by atoms with Gasteiger partial charge in [0.25, 0.3) is 0 Å². The van der Waals surface area contributed by atoms with Gasteiger partial charge in [0.1, 0.15) is 0 Å². The summed E-state index contributed by atoms with van der Waals surface area (Å²) in [6.07, 6.45) is 3.00. The molecule has 162 valence electrons. The fraction of sp³-hybridized carbons (Fsp3) is 0.682. The Labute approximate surface area is 174 Å². The van der Waals surface area contributed by atoms with Crippen LogP contribution in [0, 0.1) is 0 Å². The number of nitrogens with zero attached hydrogens (tertiary/aromatic N) is 2. The van der Waals surface area contributed by atoms with Gasteiger partial charge in [-0.2, -0.15) is 0 Å². The first-order valence-corrected chi connectivity index (χ1v) is 11.0. The Kier molecular flexibility index (Phi) is 8.43. The number of urea groups is 1. The number of hydrogen-bond acceptors (Lipinski definition) is 5. The molecule has 3 rings (SSSR count). The molecule has 0 aromatic heterocycles. The van der Waals surface area contributed by atoms with Crippen LogP contribution in [-0.2, 0) is 0 Å². The molecule has 1 fully saturated rings. The Morgan fingerprint density at radius 2 is 1.79 bits per heavy atom. The number of likely N-dealkylation sites (N-methyl/N-ethyl adjacent to an activating group) is 1. The molecule has 0 bridgehead atoms. The Hall–Kier alpha value is -1.99. The van der Waals surface area contributed by atoms with E-state index in [9.17, 15) is 4.79 Å². The van der Waals surface area contributed by atoms with Crippen molar-refractivity contribution in [3.05, 3.63) is 23.8 Å². The van der Waals surface area contributed by atoms with Gasteiger partial charge in [0, 0.05) is 39.1 Å². The second-order valence-electron chi connectivity index (χ2n) is 7.86. The number of nitrogens with one attached hydrogen (secondary N) is 2. The lowest BCUT2D eigenvalue weighted by Gasteiger charge is -2.33. The molecule has 1 aromatic carbocycles.